The van der Waals surface area contributed by atoms with E-state index in [4.69, 9.17) is 4.74 Å². The number of hydrogen-bond acceptors (Lipinski definition) is 7. The molecule has 0 radical (unpaired) electrons. The van der Waals surface area contributed by atoms with Gasteiger partial charge in [0, 0.05) is 17.4 Å². The Hall–Kier alpha value is -3.04. The third kappa shape index (κ3) is 2.93. The molecule has 3 aliphatic rings. The highest BCUT2D eigenvalue weighted by atomic mass is 32.1. The first-order valence-electron chi connectivity index (χ1n) is 9.68. The Labute approximate surface area is 176 Å². The zero-order chi connectivity index (χ0) is 21.0. The molecule has 5 rings (SSSR count). The lowest BCUT2D eigenvalue weighted by atomic mass is 9.93. The second kappa shape index (κ2) is 7.03. The molecule has 30 heavy (non-hydrogen) atoms. The number of hydrogen-bond donors (Lipinski definition) is 1. The van der Waals surface area contributed by atoms with Gasteiger partial charge in [0.2, 0.25) is 11.6 Å². The number of carbonyl (C=O) groups is 4. The lowest BCUT2D eigenvalue weighted by Gasteiger charge is -2.43. The summed E-state index contributed by atoms with van der Waals surface area (Å²) in [6, 6.07) is 6.50. The van der Waals surface area contributed by atoms with Gasteiger partial charge in [0.15, 0.2) is 6.04 Å². The van der Waals surface area contributed by atoms with Crippen LogP contribution in [0, 0.1) is 0 Å². The fourth-order valence-corrected chi connectivity index (χ4v) is 4.97. The standard InChI is InChI=1S/C21H19N3O5S/c1-11-10-29-16-9-23-8-14(18(25)19(26)17(23)21(28)24(11)16)20(27)22-7-12-2-3-15-13(6-12)4-5-30-15/h2-6,8,11,16-17H,7,9-10H2,1H3,(H,22,27)/t11-,16+,17?/m0/s1. The van der Waals surface area contributed by atoms with Gasteiger partial charge in [-0.05, 0) is 41.5 Å². The van der Waals surface area contributed by atoms with Crippen LogP contribution in [0.1, 0.15) is 12.5 Å². The highest BCUT2D eigenvalue weighted by Gasteiger charge is 2.52. The van der Waals surface area contributed by atoms with Crippen LogP contribution in [-0.2, 0) is 30.5 Å². The van der Waals surface area contributed by atoms with Crippen molar-refractivity contribution in [1.82, 2.24) is 15.1 Å². The zero-order valence-corrected chi connectivity index (χ0v) is 17.0. The second-order valence-corrected chi connectivity index (χ2v) is 8.64. The van der Waals surface area contributed by atoms with Gasteiger partial charge in [-0.25, -0.2) is 0 Å². The molecule has 154 valence electrons. The number of nitrogens with zero attached hydrogens (tertiary/aromatic N) is 2. The number of Topliss-reactive ketones (excluding diaryl/α,β-unsaturated/α-hetero) is 2. The van der Waals surface area contributed by atoms with Crippen LogP contribution in [0.15, 0.2) is 41.4 Å². The van der Waals surface area contributed by atoms with Gasteiger partial charge < -0.3 is 19.9 Å². The fraction of sp³-hybridized carbons (Fsp3) is 0.333. The lowest BCUT2D eigenvalue weighted by Crippen LogP contribution is -2.65. The van der Waals surface area contributed by atoms with Crippen molar-refractivity contribution in [3.05, 3.63) is 47.0 Å². The Morgan fingerprint density at radius 1 is 1.27 bits per heavy atom. The molecule has 2 aromatic rings. The monoisotopic (exact) mass is 425 g/mol. The molecule has 1 aromatic heterocycles. The molecule has 1 unspecified atom stereocenters. The summed E-state index contributed by atoms with van der Waals surface area (Å²) in [5.74, 6) is -2.88. The molecule has 3 aliphatic heterocycles. The SMILES string of the molecule is C[C@H]1CO[C@@H]2CN3C=C(C(=O)NCc4ccc5sccc5c4)C(=O)C(=O)C3C(=O)N12. The zero-order valence-electron chi connectivity index (χ0n) is 16.2. The Kier molecular flexibility index (Phi) is 4.44. The number of ether oxygens (including phenoxy) is 1. The number of rotatable bonds is 3. The second-order valence-electron chi connectivity index (χ2n) is 7.69. The molecular formula is C21H19N3O5S. The van der Waals surface area contributed by atoms with Crippen LogP contribution in [-0.4, -0.2) is 64.6 Å². The molecule has 1 aromatic carbocycles. The summed E-state index contributed by atoms with van der Waals surface area (Å²) in [4.78, 5) is 53.7. The van der Waals surface area contributed by atoms with E-state index in [9.17, 15) is 19.2 Å². The molecule has 3 atom stereocenters. The Balaban J connectivity index is 1.35. The van der Waals surface area contributed by atoms with E-state index in [2.05, 4.69) is 5.32 Å². The molecule has 0 bridgehead atoms. The smallest absolute Gasteiger partial charge is 0.257 e. The van der Waals surface area contributed by atoms with Crippen molar-refractivity contribution in [2.45, 2.75) is 31.8 Å². The number of ketones is 2. The predicted octanol–water partition coefficient (Wildman–Crippen LogP) is 0.811. The molecule has 8 nitrogen and oxygen atoms in total. The van der Waals surface area contributed by atoms with Gasteiger partial charge in [0.25, 0.3) is 11.8 Å². The minimum Gasteiger partial charge on any atom is -0.354 e. The fourth-order valence-electron chi connectivity index (χ4n) is 4.20. The van der Waals surface area contributed by atoms with Crippen LogP contribution in [0.2, 0.25) is 0 Å². The average molecular weight is 425 g/mol. The molecule has 0 saturated carbocycles. The summed E-state index contributed by atoms with van der Waals surface area (Å²) < 4.78 is 6.77. The Bertz CT molecular complexity index is 1120. The van der Waals surface area contributed by atoms with Gasteiger partial charge in [-0.2, -0.15) is 0 Å². The van der Waals surface area contributed by atoms with Gasteiger partial charge in [-0.15, -0.1) is 11.3 Å². The summed E-state index contributed by atoms with van der Waals surface area (Å²) >= 11 is 1.64. The Morgan fingerprint density at radius 2 is 2.10 bits per heavy atom. The van der Waals surface area contributed by atoms with Crippen molar-refractivity contribution in [3.8, 4) is 0 Å². The first-order valence-corrected chi connectivity index (χ1v) is 10.6. The van der Waals surface area contributed by atoms with E-state index in [1.165, 1.54) is 16.0 Å². The molecule has 2 fully saturated rings. The van der Waals surface area contributed by atoms with Crippen molar-refractivity contribution in [2.75, 3.05) is 13.2 Å². The summed E-state index contributed by atoms with van der Waals surface area (Å²) in [5, 5.41) is 5.79. The minimum atomic E-state index is -1.21. The van der Waals surface area contributed by atoms with E-state index in [0.29, 0.717) is 6.61 Å². The van der Waals surface area contributed by atoms with E-state index < -0.39 is 35.7 Å². The van der Waals surface area contributed by atoms with Gasteiger partial charge in [-0.3, -0.25) is 19.2 Å². The van der Waals surface area contributed by atoms with Crippen LogP contribution in [0.3, 0.4) is 0 Å². The third-order valence-corrected chi connectivity index (χ3v) is 6.63. The highest BCUT2D eigenvalue weighted by molar-refractivity contribution is 7.17. The van der Waals surface area contributed by atoms with E-state index in [1.807, 2.05) is 36.6 Å². The summed E-state index contributed by atoms with van der Waals surface area (Å²) in [6.07, 6.45) is 0.843. The van der Waals surface area contributed by atoms with Crippen LogP contribution in [0.5, 0.6) is 0 Å². The first kappa shape index (κ1) is 19.0. The molecule has 9 heteroatoms. The largest absolute Gasteiger partial charge is 0.354 e. The number of benzene rings is 1. The van der Waals surface area contributed by atoms with Gasteiger partial charge in [-0.1, -0.05) is 6.07 Å². The number of nitrogens with one attached hydrogen (secondary N) is 1. The molecule has 1 N–H and O–H groups in total. The van der Waals surface area contributed by atoms with Crippen molar-refractivity contribution in [1.29, 1.82) is 0 Å². The number of thiophene rings is 1. The van der Waals surface area contributed by atoms with E-state index in [1.54, 1.807) is 11.3 Å². The minimum absolute atomic E-state index is 0.151. The van der Waals surface area contributed by atoms with Gasteiger partial charge in [0.05, 0.1) is 19.2 Å². The molecule has 2 amide bonds. The lowest BCUT2D eigenvalue weighted by molar-refractivity contribution is -0.159. The predicted molar refractivity (Wildman–Crippen MR) is 108 cm³/mol. The summed E-state index contributed by atoms with van der Waals surface area (Å²) in [6.45, 7) is 2.68. The van der Waals surface area contributed by atoms with Crippen molar-refractivity contribution >= 4 is 44.8 Å². The molecule has 4 heterocycles. The average Bonchev–Trinajstić information content (AvgIpc) is 3.35. The molecule has 0 spiro atoms. The van der Waals surface area contributed by atoms with E-state index >= 15 is 0 Å². The normalized spacial score (nSPS) is 26.0. The van der Waals surface area contributed by atoms with E-state index in [-0.39, 0.29) is 24.7 Å². The van der Waals surface area contributed by atoms with Crippen molar-refractivity contribution in [3.63, 3.8) is 0 Å². The van der Waals surface area contributed by atoms with Crippen LogP contribution in [0.4, 0.5) is 0 Å². The maximum Gasteiger partial charge on any atom is 0.257 e. The van der Waals surface area contributed by atoms with Crippen LogP contribution >= 0.6 is 11.3 Å². The Morgan fingerprint density at radius 3 is 2.93 bits per heavy atom. The molecule has 2 saturated heterocycles. The third-order valence-electron chi connectivity index (χ3n) is 5.73. The summed E-state index contributed by atoms with van der Waals surface area (Å²) in [7, 11) is 0. The van der Waals surface area contributed by atoms with Crippen LogP contribution in [0.25, 0.3) is 10.1 Å². The maximum atomic E-state index is 12.8. The molecule has 0 aliphatic carbocycles. The van der Waals surface area contributed by atoms with Crippen molar-refractivity contribution < 1.29 is 23.9 Å². The number of carbonyl (C=O) groups excluding carboxylic acids is 4. The molecular weight excluding hydrogens is 406 g/mol. The first-order chi connectivity index (χ1) is 14.4. The number of fused-ring (bicyclic) bond motifs is 3. The van der Waals surface area contributed by atoms with Gasteiger partial charge >= 0.3 is 0 Å². The van der Waals surface area contributed by atoms with Crippen LogP contribution < -0.4 is 5.32 Å². The summed E-state index contributed by atoms with van der Waals surface area (Å²) in [5.41, 5.74) is 0.639. The quantitative estimate of drug-likeness (QED) is 0.444. The highest BCUT2D eigenvalue weighted by Crippen LogP contribution is 2.29. The van der Waals surface area contributed by atoms with E-state index in [0.717, 1.165) is 15.6 Å². The maximum absolute atomic E-state index is 12.8. The van der Waals surface area contributed by atoms with Crippen molar-refractivity contribution in [2.24, 2.45) is 0 Å². The number of piperazine rings is 1. The topological polar surface area (TPSA) is 96.0 Å². The van der Waals surface area contributed by atoms with Gasteiger partial charge in [0.1, 0.15) is 11.8 Å². The number of amides is 2.